The fourth-order valence-corrected chi connectivity index (χ4v) is 3.55. The predicted molar refractivity (Wildman–Crippen MR) is 76.2 cm³/mol. The van der Waals surface area contributed by atoms with E-state index in [2.05, 4.69) is 16.2 Å². The van der Waals surface area contributed by atoms with E-state index < -0.39 is 0 Å². The van der Waals surface area contributed by atoms with Crippen molar-refractivity contribution in [1.29, 1.82) is 0 Å². The van der Waals surface area contributed by atoms with Gasteiger partial charge in [-0.25, -0.2) is 4.79 Å². The smallest absolute Gasteiger partial charge is 0.319 e. The van der Waals surface area contributed by atoms with E-state index in [9.17, 15) is 4.79 Å². The van der Waals surface area contributed by atoms with Crippen molar-refractivity contribution in [3.05, 3.63) is 18.0 Å². The molecule has 0 N–H and O–H groups in total. The van der Waals surface area contributed by atoms with E-state index in [-0.39, 0.29) is 6.03 Å². The SMILES string of the molecule is CN(C)C(=O)N1CC[C@H]2[C@H]1CCN2Cc1cnn(C)c1. The lowest BCUT2D eigenvalue weighted by Gasteiger charge is -2.27. The van der Waals surface area contributed by atoms with E-state index in [1.807, 2.05) is 36.9 Å². The van der Waals surface area contributed by atoms with Gasteiger partial charge in [-0.05, 0) is 12.8 Å². The maximum Gasteiger partial charge on any atom is 0.319 e. The zero-order valence-corrected chi connectivity index (χ0v) is 12.5. The molecule has 2 atom stereocenters. The number of aryl methyl sites for hydroxylation is 1. The molecule has 1 aromatic rings. The summed E-state index contributed by atoms with van der Waals surface area (Å²) in [5.41, 5.74) is 1.26. The number of carbonyl (C=O) groups excluding carboxylic acids is 1. The first kappa shape index (κ1) is 13.4. The average Bonchev–Trinajstić information content (AvgIpc) is 3.07. The van der Waals surface area contributed by atoms with Gasteiger partial charge in [-0.3, -0.25) is 9.58 Å². The minimum Gasteiger partial charge on any atom is -0.331 e. The third kappa shape index (κ3) is 2.28. The molecule has 110 valence electrons. The highest BCUT2D eigenvalue weighted by molar-refractivity contribution is 5.74. The Balaban J connectivity index is 1.66. The molecule has 0 spiro atoms. The number of urea groups is 1. The third-order valence-electron chi connectivity index (χ3n) is 4.46. The first-order chi connectivity index (χ1) is 9.56. The van der Waals surface area contributed by atoms with Crippen LogP contribution in [0.3, 0.4) is 0 Å². The standard InChI is InChI=1S/C14H23N5O/c1-16(2)14(20)19-7-5-12-13(19)4-6-18(12)10-11-8-15-17(3)9-11/h8-9,12-13H,4-7,10H2,1-3H3/t12-,13+/m0/s1. The summed E-state index contributed by atoms with van der Waals surface area (Å²) < 4.78 is 1.85. The van der Waals surface area contributed by atoms with E-state index in [0.717, 1.165) is 32.5 Å². The van der Waals surface area contributed by atoms with Gasteiger partial charge < -0.3 is 9.80 Å². The summed E-state index contributed by atoms with van der Waals surface area (Å²) in [6.07, 6.45) is 6.19. The number of nitrogens with zero attached hydrogens (tertiary/aromatic N) is 5. The third-order valence-corrected chi connectivity index (χ3v) is 4.46. The molecule has 6 heteroatoms. The minimum absolute atomic E-state index is 0.153. The second kappa shape index (κ2) is 5.09. The van der Waals surface area contributed by atoms with E-state index in [4.69, 9.17) is 0 Å². The molecular formula is C14H23N5O. The highest BCUT2D eigenvalue weighted by atomic mass is 16.2. The van der Waals surface area contributed by atoms with Gasteiger partial charge in [0.1, 0.15) is 0 Å². The molecule has 2 fully saturated rings. The van der Waals surface area contributed by atoms with Gasteiger partial charge in [0.25, 0.3) is 0 Å². The molecule has 0 saturated carbocycles. The van der Waals surface area contributed by atoms with Gasteiger partial charge in [-0.1, -0.05) is 0 Å². The van der Waals surface area contributed by atoms with Crippen LogP contribution >= 0.6 is 0 Å². The van der Waals surface area contributed by atoms with Crippen molar-refractivity contribution in [3.8, 4) is 0 Å². The van der Waals surface area contributed by atoms with Gasteiger partial charge >= 0.3 is 6.03 Å². The lowest BCUT2D eigenvalue weighted by Crippen LogP contribution is -2.44. The van der Waals surface area contributed by atoms with Crippen LogP contribution in [0.4, 0.5) is 4.79 Å². The molecule has 6 nitrogen and oxygen atoms in total. The van der Waals surface area contributed by atoms with E-state index in [1.54, 1.807) is 4.90 Å². The monoisotopic (exact) mass is 277 g/mol. The molecule has 3 rings (SSSR count). The largest absolute Gasteiger partial charge is 0.331 e. The molecule has 2 amide bonds. The van der Waals surface area contributed by atoms with Crippen LogP contribution < -0.4 is 0 Å². The second-order valence-corrected chi connectivity index (χ2v) is 6.08. The van der Waals surface area contributed by atoms with Crippen LogP contribution in [0, 0.1) is 0 Å². The highest BCUT2D eigenvalue weighted by Crippen LogP contribution is 2.32. The van der Waals surface area contributed by atoms with Crippen molar-refractivity contribution in [2.45, 2.75) is 31.5 Å². The van der Waals surface area contributed by atoms with Crippen molar-refractivity contribution in [1.82, 2.24) is 24.5 Å². The first-order valence-corrected chi connectivity index (χ1v) is 7.26. The molecule has 1 aromatic heterocycles. The molecule has 0 aliphatic carbocycles. The fourth-order valence-electron chi connectivity index (χ4n) is 3.55. The summed E-state index contributed by atoms with van der Waals surface area (Å²) >= 11 is 0. The quantitative estimate of drug-likeness (QED) is 0.801. The number of carbonyl (C=O) groups is 1. The molecule has 0 radical (unpaired) electrons. The van der Waals surface area contributed by atoms with E-state index in [1.165, 1.54) is 5.56 Å². The Bertz CT molecular complexity index is 498. The zero-order valence-electron chi connectivity index (χ0n) is 12.5. The molecule has 3 heterocycles. The van der Waals surface area contributed by atoms with Crippen LogP contribution in [-0.2, 0) is 13.6 Å². The second-order valence-electron chi connectivity index (χ2n) is 6.08. The molecule has 2 saturated heterocycles. The van der Waals surface area contributed by atoms with Gasteiger partial charge in [0, 0.05) is 58.6 Å². The Hall–Kier alpha value is -1.56. The number of likely N-dealkylation sites (tertiary alicyclic amines) is 2. The molecule has 0 bridgehead atoms. The molecule has 2 aliphatic heterocycles. The lowest BCUT2D eigenvalue weighted by atomic mass is 10.1. The summed E-state index contributed by atoms with van der Waals surface area (Å²) in [7, 11) is 5.61. The Morgan fingerprint density at radius 1 is 1.35 bits per heavy atom. The van der Waals surface area contributed by atoms with Crippen LogP contribution in [0.1, 0.15) is 18.4 Å². The van der Waals surface area contributed by atoms with Crippen molar-refractivity contribution in [2.75, 3.05) is 27.2 Å². The Kier molecular flexibility index (Phi) is 3.41. The number of hydrogen-bond acceptors (Lipinski definition) is 3. The number of fused-ring (bicyclic) bond motifs is 1. The summed E-state index contributed by atoms with van der Waals surface area (Å²) in [5, 5.41) is 4.23. The van der Waals surface area contributed by atoms with E-state index in [0.29, 0.717) is 12.1 Å². The number of rotatable bonds is 2. The number of hydrogen-bond donors (Lipinski definition) is 0. The topological polar surface area (TPSA) is 44.6 Å². The van der Waals surface area contributed by atoms with Crippen LogP contribution in [0.15, 0.2) is 12.4 Å². The Morgan fingerprint density at radius 2 is 2.10 bits per heavy atom. The maximum absolute atomic E-state index is 12.2. The first-order valence-electron chi connectivity index (χ1n) is 7.26. The van der Waals surface area contributed by atoms with E-state index >= 15 is 0 Å². The van der Waals surface area contributed by atoms with Gasteiger partial charge in [-0.15, -0.1) is 0 Å². The number of amides is 2. The van der Waals surface area contributed by atoms with Crippen molar-refractivity contribution < 1.29 is 4.79 Å². The number of aromatic nitrogens is 2. The van der Waals surface area contributed by atoms with Gasteiger partial charge in [0.2, 0.25) is 0 Å². The molecule has 0 aromatic carbocycles. The van der Waals surface area contributed by atoms with Crippen molar-refractivity contribution >= 4 is 6.03 Å². The molecule has 20 heavy (non-hydrogen) atoms. The molecular weight excluding hydrogens is 254 g/mol. The normalized spacial score (nSPS) is 26.1. The maximum atomic E-state index is 12.2. The van der Waals surface area contributed by atoms with Crippen LogP contribution in [0.25, 0.3) is 0 Å². The highest BCUT2D eigenvalue weighted by Gasteiger charge is 2.44. The van der Waals surface area contributed by atoms with Gasteiger partial charge in [0.05, 0.1) is 12.2 Å². The minimum atomic E-state index is 0.153. The predicted octanol–water partition coefficient (Wildman–Crippen LogP) is 0.750. The van der Waals surface area contributed by atoms with Crippen LogP contribution in [-0.4, -0.2) is 69.8 Å². The summed E-state index contributed by atoms with van der Waals surface area (Å²) in [6, 6.07) is 1.06. The Labute approximate surface area is 119 Å². The zero-order chi connectivity index (χ0) is 14.3. The van der Waals surface area contributed by atoms with Crippen molar-refractivity contribution in [3.63, 3.8) is 0 Å². The summed E-state index contributed by atoms with van der Waals surface area (Å²) in [4.78, 5) is 18.4. The molecule has 0 unspecified atom stereocenters. The summed E-state index contributed by atoms with van der Waals surface area (Å²) in [6.45, 7) is 2.90. The summed E-state index contributed by atoms with van der Waals surface area (Å²) in [5.74, 6) is 0. The van der Waals surface area contributed by atoms with Gasteiger partial charge in [0.15, 0.2) is 0 Å². The van der Waals surface area contributed by atoms with Crippen molar-refractivity contribution in [2.24, 2.45) is 7.05 Å². The van der Waals surface area contributed by atoms with Crippen LogP contribution in [0.5, 0.6) is 0 Å². The van der Waals surface area contributed by atoms with Crippen LogP contribution in [0.2, 0.25) is 0 Å². The van der Waals surface area contributed by atoms with Gasteiger partial charge in [-0.2, -0.15) is 5.10 Å². The molecule has 2 aliphatic rings. The fraction of sp³-hybridized carbons (Fsp3) is 0.714. The lowest BCUT2D eigenvalue weighted by molar-refractivity contribution is 0.162. The average molecular weight is 277 g/mol. The Morgan fingerprint density at radius 3 is 2.75 bits per heavy atom.